The molecule has 1 fully saturated rings. The monoisotopic (exact) mass is 262 g/mol. The van der Waals surface area contributed by atoms with Gasteiger partial charge in [-0.25, -0.2) is 0 Å². The minimum atomic E-state index is 0.0259. The standard InChI is InChI=1S/C17H26O2/c18-12-15(13-19)7-6-14-8-10-17(11-9-14)16-4-2-1-3-5-16/h8-11,15-16,18-19H,1-7,12-13H2. The van der Waals surface area contributed by atoms with Gasteiger partial charge in [0.1, 0.15) is 0 Å². The van der Waals surface area contributed by atoms with Crippen LogP contribution in [-0.4, -0.2) is 23.4 Å². The lowest BCUT2D eigenvalue weighted by molar-refractivity contribution is 0.144. The van der Waals surface area contributed by atoms with Gasteiger partial charge in [-0.1, -0.05) is 43.5 Å². The van der Waals surface area contributed by atoms with Crippen LogP contribution in [-0.2, 0) is 6.42 Å². The third-order valence-corrected chi connectivity index (χ3v) is 4.41. The van der Waals surface area contributed by atoms with Gasteiger partial charge in [0.05, 0.1) is 0 Å². The highest BCUT2D eigenvalue weighted by molar-refractivity contribution is 5.25. The van der Waals surface area contributed by atoms with Gasteiger partial charge in [0.2, 0.25) is 0 Å². The van der Waals surface area contributed by atoms with Gasteiger partial charge in [-0.15, -0.1) is 0 Å². The normalized spacial score (nSPS) is 17.0. The van der Waals surface area contributed by atoms with E-state index in [0.717, 1.165) is 18.8 Å². The summed E-state index contributed by atoms with van der Waals surface area (Å²) < 4.78 is 0. The molecule has 2 nitrogen and oxygen atoms in total. The maximum absolute atomic E-state index is 9.06. The second kappa shape index (κ2) is 7.66. The topological polar surface area (TPSA) is 40.5 Å². The number of rotatable bonds is 6. The Balaban J connectivity index is 1.87. The Morgan fingerprint density at radius 1 is 0.947 bits per heavy atom. The van der Waals surface area contributed by atoms with Crippen LogP contribution in [0.2, 0.25) is 0 Å². The van der Waals surface area contributed by atoms with Crippen molar-refractivity contribution in [3.63, 3.8) is 0 Å². The molecule has 2 N–H and O–H groups in total. The van der Waals surface area contributed by atoms with E-state index in [1.54, 1.807) is 0 Å². The average Bonchev–Trinajstić information content (AvgIpc) is 2.50. The molecule has 1 aliphatic carbocycles. The molecule has 106 valence electrons. The summed E-state index contributed by atoms with van der Waals surface area (Å²) in [6, 6.07) is 8.99. The smallest absolute Gasteiger partial charge is 0.0481 e. The first kappa shape index (κ1) is 14.5. The van der Waals surface area contributed by atoms with Crippen LogP contribution >= 0.6 is 0 Å². The van der Waals surface area contributed by atoms with Crippen LogP contribution in [0.25, 0.3) is 0 Å². The number of hydrogen-bond acceptors (Lipinski definition) is 2. The maximum atomic E-state index is 9.06. The molecule has 0 amide bonds. The van der Waals surface area contributed by atoms with Crippen LogP contribution in [0.4, 0.5) is 0 Å². The highest BCUT2D eigenvalue weighted by Gasteiger charge is 2.15. The van der Waals surface area contributed by atoms with Gasteiger partial charge in [0.25, 0.3) is 0 Å². The van der Waals surface area contributed by atoms with Gasteiger partial charge in [-0.3, -0.25) is 0 Å². The summed E-state index contributed by atoms with van der Waals surface area (Å²) in [6.45, 7) is 0.160. The molecule has 0 unspecified atom stereocenters. The fourth-order valence-electron chi connectivity index (χ4n) is 3.00. The molecule has 1 aliphatic rings. The molecule has 2 heteroatoms. The molecule has 0 bridgehead atoms. The Morgan fingerprint density at radius 3 is 2.16 bits per heavy atom. The van der Waals surface area contributed by atoms with E-state index in [0.29, 0.717) is 0 Å². The molecule has 0 aliphatic heterocycles. The van der Waals surface area contributed by atoms with Crippen molar-refractivity contribution in [2.75, 3.05) is 13.2 Å². The lowest BCUT2D eigenvalue weighted by atomic mass is 9.84. The molecule has 19 heavy (non-hydrogen) atoms. The zero-order valence-corrected chi connectivity index (χ0v) is 11.7. The van der Waals surface area contributed by atoms with Crippen molar-refractivity contribution in [3.8, 4) is 0 Å². The Morgan fingerprint density at radius 2 is 1.58 bits per heavy atom. The van der Waals surface area contributed by atoms with Gasteiger partial charge in [0.15, 0.2) is 0 Å². The number of aliphatic hydroxyl groups is 2. The van der Waals surface area contributed by atoms with E-state index in [1.807, 2.05) is 0 Å². The van der Waals surface area contributed by atoms with Crippen LogP contribution in [0.15, 0.2) is 24.3 Å². The molecule has 2 rings (SSSR count). The molecule has 1 aromatic carbocycles. The highest BCUT2D eigenvalue weighted by atomic mass is 16.3. The average molecular weight is 262 g/mol. The molecule has 0 heterocycles. The van der Waals surface area contributed by atoms with E-state index < -0.39 is 0 Å². The molecule has 1 saturated carbocycles. The van der Waals surface area contributed by atoms with Crippen LogP contribution in [0.1, 0.15) is 55.6 Å². The molecule has 0 radical (unpaired) electrons. The zero-order valence-electron chi connectivity index (χ0n) is 11.7. The minimum absolute atomic E-state index is 0.0259. The van der Waals surface area contributed by atoms with Gasteiger partial charge in [0, 0.05) is 19.1 Å². The quantitative estimate of drug-likeness (QED) is 0.826. The fourth-order valence-corrected chi connectivity index (χ4v) is 3.00. The van der Waals surface area contributed by atoms with E-state index in [1.165, 1.54) is 43.2 Å². The summed E-state index contributed by atoms with van der Waals surface area (Å²) in [7, 11) is 0. The minimum Gasteiger partial charge on any atom is -0.396 e. The van der Waals surface area contributed by atoms with Gasteiger partial charge >= 0.3 is 0 Å². The van der Waals surface area contributed by atoms with Crippen LogP contribution in [0, 0.1) is 5.92 Å². The second-order valence-corrected chi connectivity index (χ2v) is 5.85. The molecule has 0 aromatic heterocycles. The third-order valence-electron chi connectivity index (χ3n) is 4.41. The first-order chi connectivity index (χ1) is 9.33. The number of aliphatic hydroxyl groups excluding tert-OH is 2. The summed E-state index contributed by atoms with van der Waals surface area (Å²) in [4.78, 5) is 0. The SMILES string of the molecule is OCC(CO)CCc1ccc(C2CCCCC2)cc1. The summed E-state index contributed by atoms with van der Waals surface area (Å²) in [5.41, 5.74) is 2.80. The summed E-state index contributed by atoms with van der Waals surface area (Å²) >= 11 is 0. The lowest BCUT2D eigenvalue weighted by Crippen LogP contribution is -2.11. The van der Waals surface area contributed by atoms with E-state index in [-0.39, 0.29) is 19.1 Å². The predicted molar refractivity (Wildman–Crippen MR) is 78.3 cm³/mol. The van der Waals surface area contributed by atoms with Crippen molar-refractivity contribution in [2.24, 2.45) is 5.92 Å². The Hall–Kier alpha value is -0.860. The summed E-state index contributed by atoms with van der Waals surface area (Å²) in [6.07, 6.45) is 8.64. The predicted octanol–water partition coefficient (Wildman–Crippen LogP) is 3.27. The summed E-state index contributed by atoms with van der Waals surface area (Å²) in [5, 5.41) is 18.1. The second-order valence-electron chi connectivity index (χ2n) is 5.85. The highest BCUT2D eigenvalue weighted by Crippen LogP contribution is 2.32. The van der Waals surface area contributed by atoms with Crippen LogP contribution < -0.4 is 0 Å². The Kier molecular flexibility index (Phi) is 5.87. The zero-order chi connectivity index (χ0) is 13.5. The molecule has 0 atom stereocenters. The van der Waals surface area contributed by atoms with Crippen molar-refractivity contribution in [1.29, 1.82) is 0 Å². The molecular formula is C17H26O2. The number of hydrogen-bond donors (Lipinski definition) is 2. The molecule has 1 aromatic rings. The van der Waals surface area contributed by atoms with Crippen molar-refractivity contribution < 1.29 is 10.2 Å². The number of aryl methyl sites for hydroxylation is 1. The largest absolute Gasteiger partial charge is 0.396 e. The first-order valence-corrected chi connectivity index (χ1v) is 7.64. The Bertz CT molecular complexity index is 348. The fraction of sp³-hybridized carbons (Fsp3) is 0.647. The van der Waals surface area contributed by atoms with E-state index in [4.69, 9.17) is 10.2 Å². The molecule has 0 spiro atoms. The van der Waals surface area contributed by atoms with Gasteiger partial charge < -0.3 is 10.2 Å². The number of benzene rings is 1. The van der Waals surface area contributed by atoms with Gasteiger partial charge in [-0.05, 0) is 42.7 Å². The van der Waals surface area contributed by atoms with E-state index in [9.17, 15) is 0 Å². The van der Waals surface area contributed by atoms with Gasteiger partial charge in [-0.2, -0.15) is 0 Å². The van der Waals surface area contributed by atoms with Crippen molar-refractivity contribution >= 4 is 0 Å². The van der Waals surface area contributed by atoms with Crippen molar-refractivity contribution in [1.82, 2.24) is 0 Å². The Labute approximate surface area is 116 Å². The lowest BCUT2D eigenvalue weighted by Gasteiger charge is -2.22. The van der Waals surface area contributed by atoms with Crippen molar-refractivity contribution in [3.05, 3.63) is 35.4 Å². The van der Waals surface area contributed by atoms with E-state index >= 15 is 0 Å². The molecular weight excluding hydrogens is 236 g/mol. The summed E-state index contributed by atoms with van der Waals surface area (Å²) in [5.74, 6) is 0.795. The third kappa shape index (κ3) is 4.32. The van der Waals surface area contributed by atoms with Crippen LogP contribution in [0.5, 0.6) is 0 Å². The molecule has 0 saturated heterocycles. The maximum Gasteiger partial charge on any atom is 0.0481 e. The first-order valence-electron chi connectivity index (χ1n) is 7.64. The van der Waals surface area contributed by atoms with Crippen LogP contribution in [0.3, 0.4) is 0 Å². The van der Waals surface area contributed by atoms with Crippen molar-refractivity contribution in [2.45, 2.75) is 50.9 Å². The van der Waals surface area contributed by atoms with E-state index in [2.05, 4.69) is 24.3 Å².